The normalized spacial score (nSPS) is 21.1. The largest absolute Gasteiger partial charge is 0.444 e. The molecule has 0 saturated carbocycles. The van der Waals surface area contributed by atoms with E-state index in [0.717, 1.165) is 16.9 Å². The average Bonchev–Trinajstić information content (AvgIpc) is 3.04. The lowest BCUT2D eigenvalue weighted by Gasteiger charge is -2.39. The molecule has 0 aromatic heterocycles. The van der Waals surface area contributed by atoms with E-state index in [1.54, 1.807) is 16.7 Å². The first-order valence-corrected chi connectivity index (χ1v) is 11.9. The van der Waals surface area contributed by atoms with E-state index in [4.69, 9.17) is 9.47 Å². The van der Waals surface area contributed by atoms with Crippen LogP contribution in [0, 0.1) is 5.41 Å². The van der Waals surface area contributed by atoms with Gasteiger partial charge in [0, 0.05) is 11.8 Å². The molecule has 1 amide bonds. The highest BCUT2D eigenvalue weighted by Crippen LogP contribution is 2.42. The van der Waals surface area contributed by atoms with Gasteiger partial charge in [0.2, 0.25) is 0 Å². The van der Waals surface area contributed by atoms with Crippen LogP contribution in [-0.2, 0) is 27.3 Å². The summed E-state index contributed by atoms with van der Waals surface area (Å²) in [5.41, 5.74) is 0.318. The molecule has 1 aliphatic heterocycles. The molecule has 0 radical (unpaired) electrons. The van der Waals surface area contributed by atoms with Crippen LogP contribution in [0.25, 0.3) is 0 Å². The zero-order valence-electron chi connectivity index (χ0n) is 18.7. The van der Waals surface area contributed by atoms with Gasteiger partial charge in [0.15, 0.2) is 11.8 Å². The maximum Gasteiger partial charge on any atom is 0.414 e. The van der Waals surface area contributed by atoms with Crippen molar-refractivity contribution < 1.29 is 19.1 Å². The predicted molar refractivity (Wildman–Crippen MR) is 124 cm³/mol. The smallest absolute Gasteiger partial charge is 0.414 e. The zero-order chi connectivity index (χ0) is 22.5. The number of carbonyl (C=O) groups is 2. The fourth-order valence-corrected chi connectivity index (χ4v) is 4.42. The van der Waals surface area contributed by atoms with Crippen molar-refractivity contribution in [3.8, 4) is 0 Å². The first-order valence-electron chi connectivity index (χ1n) is 10.5. The number of cyclic esters (lactones) is 1. The third-order valence-electron chi connectivity index (χ3n) is 5.50. The monoisotopic (exact) mass is 441 g/mol. The maximum absolute atomic E-state index is 13.5. The Labute approximate surface area is 189 Å². The highest BCUT2D eigenvalue weighted by Gasteiger charge is 2.60. The Bertz CT molecular complexity index is 881. The van der Waals surface area contributed by atoms with Crippen LogP contribution in [0.1, 0.15) is 38.3 Å². The number of benzene rings is 2. The van der Waals surface area contributed by atoms with Gasteiger partial charge in [0.1, 0.15) is 6.61 Å². The topological polar surface area (TPSA) is 55.8 Å². The number of hydrogen-bond acceptors (Lipinski definition) is 5. The molecule has 5 nitrogen and oxygen atoms in total. The second-order valence-corrected chi connectivity index (χ2v) is 9.96. The van der Waals surface area contributed by atoms with Crippen molar-refractivity contribution in [2.24, 2.45) is 5.41 Å². The molecule has 2 aromatic rings. The van der Waals surface area contributed by atoms with Crippen LogP contribution in [-0.4, -0.2) is 40.7 Å². The first-order chi connectivity index (χ1) is 14.8. The summed E-state index contributed by atoms with van der Waals surface area (Å²) in [7, 11) is 0. The molecule has 31 heavy (non-hydrogen) atoms. The Morgan fingerprint density at radius 2 is 1.65 bits per heavy atom. The van der Waals surface area contributed by atoms with E-state index >= 15 is 0 Å². The summed E-state index contributed by atoms with van der Waals surface area (Å²) >= 11 is 1.65. The molecule has 0 bridgehead atoms. The quantitative estimate of drug-likeness (QED) is 0.547. The summed E-state index contributed by atoms with van der Waals surface area (Å²) in [5, 5.41) is 0. The fourth-order valence-electron chi connectivity index (χ4n) is 3.88. The van der Waals surface area contributed by atoms with Crippen molar-refractivity contribution in [2.45, 2.75) is 52.0 Å². The third-order valence-corrected chi connectivity index (χ3v) is 6.11. The number of nitrogens with zero attached hydrogens (tertiary/aromatic N) is 1. The van der Waals surface area contributed by atoms with Crippen LogP contribution in [0.5, 0.6) is 0 Å². The summed E-state index contributed by atoms with van der Waals surface area (Å²) in [5.74, 6) is 0.364. The van der Waals surface area contributed by atoms with Gasteiger partial charge < -0.3 is 9.47 Å². The number of thioether (sulfide) groups is 1. The van der Waals surface area contributed by atoms with Gasteiger partial charge in [-0.2, -0.15) is 11.8 Å². The van der Waals surface area contributed by atoms with Crippen LogP contribution in [0.3, 0.4) is 0 Å². The molecule has 0 aliphatic carbocycles. The molecule has 0 N–H and O–H groups in total. The molecule has 1 aliphatic rings. The molecule has 1 heterocycles. The van der Waals surface area contributed by atoms with Gasteiger partial charge in [0.05, 0.1) is 0 Å². The fraction of sp³-hybridized carbons (Fsp3) is 0.440. The molecule has 0 spiro atoms. The third kappa shape index (κ3) is 5.24. The van der Waals surface area contributed by atoms with Gasteiger partial charge in [-0.05, 0) is 29.6 Å². The minimum Gasteiger partial charge on any atom is -0.444 e. The second-order valence-electron chi connectivity index (χ2n) is 8.97. The molecule has 2 atom stereocenters. The van der Waals surface area contributed by atoms with Crippen LogP contribution >= 0.6 is 11.8 Å². The predicted octanol–water partition coefficient (Wildman–Crippen LogP) is 5.29. The average molecular weight is 442 g/mol. The summed E-state index contributed by atoms with van der Waals surface area (Å²) in [6.07, 6.45) is 1.66. The van der Waals surface area contributed by atoms with Gasteiger partial charge in [-0.3, -0.25) is 4.90 Å². The van der Waals surface area contributed by atoms with Crippen molar-refractivity contribution in [1.29, 1.82) is 0 Å². The van der Waals surface area contributed by atoms with Crippen LogP contribution in [0.2, 0.25) is 0 Å². The lowest BCUT2D eigenvalue weighted by atomic mass is 9.85. The minimum atomic E-state index is -1.10. The number of carbonyl (C=O) groups excluding carboxylic acids is 2. The van der Waals surface area contributed by atoms with Crippen molar-refractivity contribution in [2.75, 3.05) is 12.0 Å². The highest BCUT2D eigenvalue weighted by molar-refractivity contribution is 7.98. The van der Waals surface area contributed by atoms with E-state index in [1.807, 2.05) is 87.7 Å². The van der Waals surface area contributed by atoms with E-state index in [1.165, 1.54) is 0 Å². The van der Waals surface area contributed by atoms with E-state index in [2.05, 4.69) is 0 Å². The van der Waals surface area contributed by atoms with Gasteiger partial charge in [0.25, 0.3) is 0 Å². The number of ether oxygens (including phenoxy) is 2. The molecule has 6 heteroatoms. The number of hydrogen-bond donors (Lipinski definition) is 0. The standard InChI is InChI=1S/C25H31NO4S/c1-24(2,3)21-26(23(28)29-18-20-13-9-6-10-14-20)25(15-16-31-4,22(27)30-21)17-19-11-7-5-8-12-19/h5-14,21H,15-18H2,1-4H3/t21-,25+/m1/s1. The molecule has 2 aromatic carbocycles. The lowest BCUT2D eigenvalue weighted by molar-refractivity contribution is -0.149. The Morgan fingerprint density at radius 1 is 1.06 bits per heavy atom. The maximum atomic E-state index is 13.5. The van der Waals surface area contributed by atoms with Gasteiger partial charge >= 0.3 is 12.1 Å². The van der Waals surface area contributed by atoms with E-state index in [-0.39, 0.29) is 12.6 Å². The second kappa shape index (κ2) is 9.77. The van der Waals surface area contributed by atoms with E-state index in [0.29, 0.717) is 12.8 Å². The molecular weight excluding hydrogens is 410 g/mol. The molecule has 0 unspecified atom stereocenters. The van der Waals surface area contributed by atoms with Crippen LogP contribution in [0.4, 0.5) is 4.79 Å². The molecular formula is C25H31NO4S. The van der Waals surface area contributed by atoms with Crippen molar-refractivity contribution in [3.63, 3.8) is 0 Å². The number of amides is 1. The number of esters is 1. The molecule has 3 rings (SSSR count). The molecule has 1 saturated heterocycles. The van der Waals surface area contributed by atoms with E-state index in [9.17, 15) is 9.59 Å². The summed E-state index contributed by atoms with van der Waals surface area (Å²) < 4.78 is 11.6. The van der Waals surface area contributed by atoms with E-state index < -0.39 is 23.3 Å². The van der Waals surface area contributed by atoms with Gasteiger partial charge in [-0.25, -0.2) is 9.59 Å². The Hall–Kier alpha value is -2.47. The lowest BCUT2D eigenvalue weighted by Crippen LogP contribution is -2.57. The number of rotatable bonds is 7. The van der Waals surface area contributed by atoms with Crippen molar-refractivity contribution in [1.82, 2.24) is 4.90 Å². The summed E-state index contributed by atoms with van der Waals surface area (Å²) in [6.45, 7) is 6.05. The first kappa shape index (κ1) is 23.2. The SMILES string of the molecule is CSCC[C@]1(Cc2ccccc2)C(=O)O[C@H](C(C)(C)C)N1C(=O)OCc1ccccc1. The van der Waals surface area contributed by atoms with Gasteiger partial charge in [-0.1, -0.05) is 81.4 Å². The van der Waals surface area contributed by atoms with Crippen LogP contribution in [0.15, 0.2) is 60.7 Å². The Kier molecular flexibility index (Phi) is 7.31. The van der Waals surface area contributed by atoms with Crippen molar-refractivity contribution >= 4 is 23.8 Å². The highest BCUT2D eigenvalue weighted by atomic mass is 32.2. The Morgan fingerprint density at radius 3 is 2.19 bits per heavy atom. The molecule has 166 valence electrons. The van der Waals surface area contributed by atoms with Crippen LogP contribution < -0.4 is 0 Å². The summed E-state index contributed by atoms with van der Waals surface area (Å²) in [6, 6.07) is 19.3. The zero-order valence-corrected chi connectivity index (χ0v) is 19.5. The van der Waals surface area contributed by atoms with Crippen molar-refractivity contribution in [3.05, 3.63) is 71.8 Å². The molecule has 1 fully saturated rings. The Balaban J connectivity index is 1.97. The summed E-state index contributed by atoms with van der Waals surface area (Å²) in [4.78, 5) is 28.4. The minimum absolute atomic E-state index is 0.144. The van der Waals surface area contributed by atoms with Gasteiger partial charge in [-0.15, -0.1) is 0 Å².